The first-order chi connectivity index (χ1) is 27.9. The van der Waals surface area contributed by atoms with Crippen LogP contribution in [0.25, 0.3) is 54.9 Å². The second kappa shape index (κ2) is 20.6. The van der Waals surface area contributed by atoms with Crippen molar-refractivity contribution in [2.75, 3.05) is 0 Å². The molecule has 8 aromatic rings. The second-order valence-corrected chi connectivity index (χ2v) is 17.5. The second-order valence-electron chi connectivity index (χ2n) is 16.2. The van der Waals surface area contributed by atoms with Gasteiger partial charge in [0.25, 0.3) is 0 Å². The smallest absolute Gasteiger partial charge is 0.184 e. The Morgan fingerprint density at radius 2 is 0.948 bits per heavy atom. The van der Waals surface area contributed by atoms with E-state index in [1.165, 1.54) is 126 Å². The van der Waals surface area contributed by atoms with Crippen LogP contribution in [0.3, 0.4) is 0 Å². The normalized spacial score (nSPS) is 11.4. The van der Waals surface area contributed by atoms with E-state index < -0.39 is 0 Å². The fourth-order valence-corrected chi connectivity index (χ4v) is 9.64. The molecule has 0 N–H and O–H groups in total. The van der Waals surface area contributed by atoms with Crippen LogP contribution in [0.15, 0.2) is 152 Å². The van der Waals surface area contributed by atoms with E-state index in [2.05, 4.69) is 193 Å². The molecule has 8 aromatic carbocycles. The first-order valence-electron chi connectivity index (χ1n) is 21.3. The van der Waals surface area contributed by atoms with Gasteiger partial charge in [-0.15, -0.1) is 74.6 Å². The molecule has 0 saturated carbocycles. The molecule has 3 radical (unpaired) electrons. The molecular weight excluding hydrogens is 792 g/mol. The molecule has 0 atom stereocenters. The average molecular weight is 849 g/mol. The summed E-state index contributed by atoms with van der Waals surface area (Å²) in [5.74, 6) is 1.09. The summed E-state index contributed by atoms with van der Waals surface area (Å²) >= 11 is 0. The molecule has 1 heterocycles. The zero-order valence-corrected chi connectivity index (χ0v) is 38.8. The average Bonchev–Trinajstić information content (AvgIpc) is 3.97. The van der Waals surface area contributed by atoms with Gasteiger partial charge in [0.05, 0.1) is 9.52 Å². The van der Waals surface area contributed by atoms with Crippen LogP contribution in [-0.2, 0) is 39.0 Å². The van der Waals surface area contributed by atoms with Crippen molar-refractivity contribution in [1.82, 2.24) is 0 Å². The van der Waals surface area contributed by atoms with Gasteiger partial charge in [0.2, 0.25) is 0 Å². The van der Waals surface area contributed by atoms with Crippen LogP contribution in [0, 0.1) is 6.07 Å². The van der Waals surface area contributed by atoms with Gasteiger partial charge in [-0.2, -0.15) is 41.6 Å². The van der Waals surface area contributed by atoms with Crippen LogP contribution in [0.5, 0.6) is 0 Å². The summed E-state index contributed by atoms with van der Waals surface area (Å²) < 4.78 is 0. The van der Waals surface area contributed by atoms with E-state index in [1.54, 1.807) is 0 Å². The van der Waals surface area contributed by atoms with Crippen LogP contribution in [0.2, 0.25) is 0 Å². The number of rotatable bonds is 10. The van der Waals surface area contributed by atoms with Crippen LogP contribution in [-0.4, -0.2) is 9.52 Å². The number of unbranched alkanes of at least 4 members (excludes halogenated alkanes) is 2. The summed E-state index contributed by atoms with van der Waals surface area (Å²) in [5, 5.41) is 8.39. The summed E-state index contributed by atoms with van der Waals surface area (Å²) in [6, 6.07) is 58.8. The van der Waals surface area contributed by atoms with E-state index in [-0.39, 0.29) is 26.2 Å². The van der Waals surface area contributed by atoms with Crippen molar-refractivity contribution in [2.24, 2.45) is 0 Å². The summed E-state index contributed by atoms with van der Waals surface area (Å²) in [7, 11) is 0.795. The first kappa shape index (κ1) is 43.2. The predicted molar refractivity (Wildman–Crippen MR) is 251 cm³/mol. The molecule has 1 aliphatic heterocycles. The van der Waals surface area contributed by atoms with Crippen molar-refractivity contribution in [3.8, 4) is 33.4 Å². The Hall–Kier alpha value is -4.36. The summed E-state index contributed by atoms with van der Waals surface area (Å²) in [5.41, 5.74) is 14.1. The third-order valence-electron chi connectivity index (χ3n) is 11.3. The fraction of sp³-hybridized carbons (Fsp3) is 0.250. The van der Waals surface area contributed by atoms with E-state index in [0.717, 1.165) is 9.52 Å². The molecule has 1 aliphatic rings. The molecule has 0 aromatic heterocycles. The molecule has 0 nitrogen and oxygen atoms in total. The van der Waals surface area contributed by atoms with Crippen molar-refractivity contribution in [1.29, 1.82) is 0 Å². The summed E-state index contributed by atoms with van der Waals surface area (Å²) in [6.45, 7) is 13.6. The van der Waals surface area contributed by atoms with Gasteiger partial charge in [0, 0.05) is 0 Å². The van der Waals surface area contributed by atoms with Gasteiger partial charge in [0.1, 0.15) is 0 Å². The van der Waals surface area contributed by atoms with Crippen molar-refractivity contribution >= 4 is 41.4 Å². The van der Waals surface area contributed by atoms with Crippen molar-refractivity contribution in [3.63, 3.8) is 0 Å². The van der Waals surface area contributed by atoms with E-state index >= 15 is 0 Å². The Bertz CT molecular complexity index is 2370. The maximum atomic E-state index is 3.31. The van der Waals surface area contributed by atoms with Gasteiger partial charge in [-0.05, 0) is 46.9 Å². The van der Waals surface area contributed by atoms with Crippen LogP contribution in [0.1, 0.15) is 101 Å². The molecule has 2 heteroatoms. The quantitative estimate of drug-likeness (QED) is 0.0950. The van der Waals surface area contributed by atoms with E-state index in [1.807, 2.05) is 6.07 Å². The number of hydrogen-bond acceptors (Lipinski definition) is 0. The Kier molecular flexibility index (Phi) is 15.3. The van der Waals surface area contributed by atoms with E-state index in [4.69, 9.17) is 0 Å². The van der Waals surface area contributed by atoms with Gasteiger partial charge < -0.3 is 0 Å². The van der Waals surface area contributed by atoms with Crippen molar-refractivity contribution in [3.05, 3.63) is 180 Å². The molecule has 58 heavy (non-hydrogen) atoms. The standard InChI is InChI=1S/2C22H25.C12H7Si.Zr/c2*1-4-5-9-17-14-18-10-8-13-21(22(18)15-17)20-12-7-6-11-19(20)16(2)3;1-3-7-11-9(5-1)10-6-2-4-8-12(10)13-11;/h2*6-8,10-16H,4-5,9H2,1-3H3;1-7H;/q3*-1;+3. The Balaban J connectivity index is 0.000000150. The molecule has 0 bridgehead atoms. The Labute approximate surface area is 370 Å². The van der Waals surface area contributed by atoms with Crippen LogP contribution >= 0.6 is 0 Å². The molecule has 0 unspecified atom stereocenters. The molecule has 9 rings (SSSR count). The van der Waals surface area contributed by atoms with Gasteiger partial charge >= 0.3 is 26.2 Å². The van der Waals surface area contributed by atoms with E-state index in [9.17, 15) is 0 Å². The minimum atomic E-state index is 0. The number of aryl methyl sites for hydroxylation is 2. The molecule has 0 aliphatic carbocycles. The Morgan fingerprint density at radius 1 is 0.500 bits per heavy atom. The minimum absolute atomic E-state index is 0. The van der Waals surface area contributed by atoms with Crippen molar-refractivity contribution in [2.45, 2.75) is 91.9 Å². The fourth-order valence-electron chi connectivity index (χ4n) is 8.33. The first-order valence-corrected chi connectivity index (χ1v) is 22.3. The zero-order chi connectivity index (χ0) is 39.7. The Morgan fingerprint density at radius 3 is 1.45 bits per heavy atom. The molecule has 0 fully saturated rings. The third-order valence-corrected chi connectivity index (χ3v) is 12.7. The number of hydrogen-bond donors (Lipinski definition) is 0. The molecule has 0 saturated heterocycles. The van der Waals surface area contributed by atoms with E-state index in [0.29, 0.717) is 11.8 Å². The molecule has 0 amide bonds. The molecule has 289 valence electrons. The van der Waals surface area contributed by atoms with Gasteiger partial charge in [0.15, 0.2) is 0 Å². The van der Waals surface area contributed by atoms with Crippen LogP contribution in [0.4, 0.5) is 0 Å². The number of benzene rings is 6. The zero-order valence-electron chi connectivity index (χ0n) is 35.3. The topological polar surface area (TPSA) is 0 Å². The maximum Gasteiger partial charge on any atom is 3.00 e. The predicted octanol–water partition coefficient (Wildman–Crippen LogP) is 14.5. The van der Waals surface area contributed by atoms with Gasteiger partial charge in [-0.3, -0.25) is 0 Å². The summed E-state index contributed by atoms with van der Waals surface area (Å²) in [6.07, 6.45) is 7.44. The third kappa shape index (κ3) is 9.90. The SMILES string of the molecule is CCCCc1cc2c(-c3ccccc3C(C)C)cccc2[cH-]1.CCCCc1cc2c(-c3ccccc3C(C)C)cccc2[cH-]1.[Zr+3].[c-]1cccc2c1[Si]c1ccccc1-2. The largest absolute Gasteiger partial charge is 3.00 e. The molecule has 0 spiro atoms. The molecular formula is C56H57SiZr. The van der Waals surface area contributed by atoms with Gasteiger partial charge in [-0.25, -0.2) is 0 Å². The number of fused-ring (bicyclic) bond motifs is 5. The van der Waals surface area contributed by atoms with Crippen molar-refractivity contribution < 1.29 is 26.2 Å². The summed E-state index contributed by atoms with van der Waals surface area (Å²) in [4.78, 5) is 0. The minimum Gasteiger partial charge on any atom is -0.184 e. The maximum absolute atomic E-state index is 3.31. The van der Waals surface area contributed by atoms with Crippen LogP contribution < -0.4 is 10.4 Å². The van der Waals surface area contributed by atoms with Gasteiger partial charge in [-0.1, -0.05) is 174 Å². The monoisotopic (exact) mass is 847 g/mol.